The first-order valence-corrected chi connectivity index (χ1v) is 22.4. The molecule has 0 spiro atoms. The van der Waals surface area contributed by atoms with E-state index in [1.54, 1.807) is 9.70 Å². The van der Waals surface area contributed by atoms with Gasteiger partial charge in [0.1, 0.15) is 30.2 Å². The molecule has 2 radical (unpaired) electrons. The maximum absolute atomic E-state index is 12.6. The van der Waals surface area contributed by atoms with Gasteiger partial charge in [0.15, 0.2) is 17.7 Å². The number of aromatic nitrogens is 4. The first kappa shape index (κ1) is 41.9. The monoisotopic (exact) mass is 835 g/mol. The van der Waals surface area contributed by atoms with Crippen molar-refractivity contribution < 1.29 is 75.7 Å². The number of nitrogens with zero attached hydrogens (tertiary/aromatic N) is 4. The van der Waals surface area contributed by atoms with Crippen LogP contribution in [0.5, 0.6) is 0 Å². The van der Waals surface area contributed by atoms with E-state index in [-0.39, 0.29) is 35.9 Å². The number of fused-ring (bicyclic) bond motifs is 1. The van der Waals surface area contributed by atoms with Gasteiger partial charge in [-0.25, -0.2) is 28.6 Å². The molecule has 3 heterocycles. The van der Waals surface area contributed by atoms with Crippen LogP contribution in [0, 0.1) is 5.41 Å². The second kappa shape index (κ2) is 17.4. The van der Waals surface area contributed by atoms with Crippen molar-refractivity contribution >= 4 is 79.3 Å². The van der Waals surface area contributed by atoms with Crippen LogP contribution in [-0.2, 0) is 45.9 Å². The van der Waals surface area contributed by atoms with Crippen molar-refractivity contribution in [1.29, 1.82) is 0 Å². The number of hydrogen-bond donors (Lipinski definition) is 9. The zero-order chi connectivity index (χ0) is 36.8. The van der Waals surface area contributed by atoms with Crippen LogP contribution in [0.4, 0.5) is 5.82 Å². The number of amides is 2. The van der Waals surface area contributed by atoms with E-state index in [4.69, 9.17) is 19.5 Å². The summed E-state index contributed by atoms with van der Waals surface area (Å²) in [5, 5.41) is 26.3. The number of rotatable bonds is 19. The van der Waals surface area contributed by atoms with Gasteiger partial charge in [0.25, 0.3) is 0 Å². The Morgan fingerprint density at radius 2 is 1.80 bits per heavy atom. The average molecular weight is 836 g/mol. The van der Waals surface area contributed by atoms with Gasteiger partial charge < -0.3 is 35.2 Å². The second-order valence-corrected chi connectivity index (χ2v) is 18.0. The van der Waals surface area contributed by atoms with Gasteiger partial charge >= 0.3 is 145 Å². The van der Waals surface area contributed by atoms with Gasteiger partial charge in [-0.3, -0.25) is 18.1 Å². The third-order valence-electron chi connectivity index (χ3n) is 6.62. The van der Waals surface area contributed by atoms with Crippen LogP contribution in [0.15, 0.2) is 12.7 Å². The molecule has 2 amide bonds. The van der Waals surface area contributed by atoms with E-state index in [2.05, 4.69) is 34.4 Å². The van der Waals surface area contributed by atoms with E-state index < -0.39 is 78.6 Å². The number of nitrogens with two attached hydrogens (primary N) is 1. The van der Waals surface area contributed by atoms with Gasteiger partial charge in [0.2, 0.25) is 0 Å². The number of ether oxygens (including phenoxy) is 1. The van der Waals surface area contributed by atoms with E-state index in [1.807, 2.05) is 0 Å². The molecule has 7 atom stereocenters. The molecule has 1 aliphatic heterocycles. The van der Waals surface area contributed by atoms with Crippen molar-refractivity contribution in [2.75, 3.05) is 37.8 Å². The van der Waals surface area contributed by atoms with Gasteiger partial charge in [0.05, 0.1) is 12.9 Å². The molecule has 10 N–H and O–H groups in total. The molecule has 1 fully saturated rings. The summed E-state index contributed by atoms with van der Waals surface area (Å²) in [4.78, 5) is 74.9. The number of nitrogen functional groups attached to an aromatic ring is 1. The molecular formula is C21H35GaN7O16P3S. The van der Waals surface area contributed by atoms with Crippen LogP contribution >= 0.6 is 33.2 Å². The SMILES string of the molecule is CC(C)(COP(=O)(O)OP(=O)(O)OC[C@H]1O[C@@H](n2cnc3c(N)ncnc32)[C@H](O)[C@@H]1OP(=O)(O)O)C(O)C(=O)NCCC(=O)NCC[S][Ga]. The second-order valence-electron chi connectivity index (χ2n) is 10.9. The van der Waals surface area contributed by atoms with E-state index in [0.29, 0.717) is 6.54 Å². The third kappa shape index (κ3) is 12.3. The third-order valence-corrected chi connectivity index (χ3v) is 11.6. The summed E-state index contributed by atoms with van der Waals surface area (Å²) in [6.07, 6.45) is -6.68. The van der Waals surface area contributed by atoms with E-state index in [1.165, 1.54) is 31.2 Å². The van der Waals surface area contributed by atoms with Gasteiger partial charge in [-0.15, -0.1) is 0 Å². The van der Waals surface area contributed by atoms with E-state index in [9.17, 15) is 53.1 Å². The van der Waals surface area contributed by atoms with Gasteiger partial charge in [-0.05, 0) is 0 Å². The molecule has 2 aromatic rings. The van der Waals surface area contributed by atoms with Crippen molar-refractivity contribution in [2.24, 2.45) is 5.41 Å². The minimum absolute atomic E-state index is 0.0342. The summed E-state index contributed by atoms with van der Waals surface area (Å²) in [6.45, 7) is 0.921. The van der Waals surface area contributed by atoms with E-state index >= 15 is 0 Å². The number of aliphatic hydroxyl groups excluding tert-OH is 2. The first-order valence-electron chi connectivity index (χ1n) is 13.9. The molecule has 0 saturated carbocycles. The zero-order valence-corrected chi connectivity index (χ0v) is 31.7. The molecule has 2 aromatic heterocycles. The molecule has 1 aliphatic rings. The number of phosphoric acid groups is 3. The Labute approximate surface area is 291 Å². The molecule has 23 nitrogen and oxygen atoms in total. The number of phosphoric ester groups is 3. The molecule has 0 aromatic carbocycles. The molecule has 28 heteroatoms. The molecule has 0 aliphatic carbocycles. The van der Waals surface area contributed by atoms with Crippen LogP contribution in [-0.4, -0.2) is 135 Å². The summed E-state index contributed by atoms with van der Waals surface area (Å²) < 4.78 is 61.8. The summed E-state index contributed by atoms with van der Waals surface area (Å²) in [7, 11) is -14.7. The van der Waals surface area contributed by atoms with Gasteiger partial charge in [0, 0.05) is 0 Å². The predicted octanol–water partition coefficient (Wildman–Crippen LogP) is -1.78. The summed E-state index contributed by atoms with van der Waals surface area (Å²) in [5.41, 5.74) is 4.32. The fourth-order valence-corrected chi connectivity index (χ4v) is 7.98. The Bertz CT molecular complexity index is 1620. The number of carbonyl (C=O) groups excluding carboxylic acids is 2. The zero-order valence-electron chi connectivity index (χ0n) is 25.7. The Morgan fingerprint density at radius 3 is 2.45 bits per heavy atom. The Balaban J connectivity index is 1.59. The molecule has 0 bridgehead atoms. The maximum atomic E-state index is 12.6. The van der Waals surface area contributed by atoms with Crippen molar-refractivity contribution in [2.45, 2.75) is 50.9 Å². The van der Waals surface area contributed by atoms with Crippen LogP contribution in [0.1, 0.15) is 26.5 Å². The molecule has 49 heavy (non-hydrogen) atoms. The summed E-state index contributed by atoms with van der Waals surface area (Å²) in [6, 6.07) is 0. The Kier molecular flexibility index (Phi) is 14.9. The quantitative estimate of drug-likeness (QED) is 0.0429. The van der Waals surface area contributed by atoms with Crippen LogP contribution in [0.25, 0.3) is 11.2 Å². The van der Waals surface area contributed by atoms with Crippen LogP contribution in [0.3, 0.4) is 0 Å². The first-order chi connectivity index (χ1) is 22.7. The fraction of sp³-hybridized carbons (Fsp3) is 0.667. The molecule has 3 unspecified atom stereocenters. The average Bonchev–Trinajstić information content (AvgIpc) is 3.55. The standard InChI is InChI=1S/C21H36N7O16P3S.Ga/c1-21(2,16(31)19(32)24-4-3-12(29)23-5-6-48)8-41-47(38,39)44-46(36,37)40-7-11-15(43-45(33,34)35)14(30)20(42-11)28-10-27-13-17(22)25-9-26-18(13)28;/h9-11,14-16,20,30-31,48H,3-8H2,1-2H3,(H,23,29)(H,24,32)(H,36,37)(H,38,39)(H2,22,25,26)(H2,33,34,35);/q;+1/p-1/t11-,14-,15-,16?,20-;/m1./s1. The Morgan fingerprint density at radius 1 is 1.12 bits per heavy atom. The van der Waals surface area contributed by atoms with Crippen LogP contribution < -0.4 is 16.4 Å². The van der Waals surface area contributed by atoms with Crippen molar-refractivity contribution in [3.05, 3.63) is 12.7 Å². The van der Waals surface area contributed by atoms with Crippen LogP contribution in [0.2, 0.25) is 0 Å². The van der Waals surface area contributed by atoms with E-state index in [0.717, 1.165) is 23.0 Å². The number of imidazole rings is 1. The van der Waals surface area contributed by atoms with Gasteiger partial charge in [-0.2, -0.15) is 4.31 Å². The van der Waals surface area contributed by atoms with Crippen molar-refractivity contribution in [3.63, 3.8) is 0 Å². The molecule has 1 saturated heterocycles. The van der Waals surface area contributed by atoms with Crippen molar-refractivity contribution in [3.8, 4) is 0 Å². The number of carbonyl (C=O) groups is 2. The normalized spacial score (nSPS) is 23.1. The summed E-state index contributed by atoms with van der Waals surface area (Å²) >= 11 is 1.45. The number of aliphatic hydroxyl groups is 2. The molecule has 3 rings (SSSR count). The fourth-order valence-electron chi connectivity index (χ4n) is 4.19. The number of nitrogens with one attached hydrogen (secondary N) is 2. The van der Waals surface area contributed by atoms with Crippen molar-refractivity contribution in [1.82, 2.24) is 30.2 Å². The molecule has 274 valence electrons. The molecular weight excluding hydrogens is 801 g/mol. The number of anilines is 1. The minimum atomic E-state index is -5.53. The topological polar surface area (TPSA) is 347 Å². The number of hydrogen-bond acceptors (Lipinski definition) is 17. The van der Waals surface area contributed by atoms with Gasteiger partial charge in [-0.1, -0.05) is 0 Å². The summed E-state index contributed by atoms with van der Waals surface area (Å²) in [5.74, 6) is -0.552. The predicted molar refractivity (Wildman–Crippen MR) is 168 cm³/mol. The Hall–Kier alpha value is -1.47.